The Bertz CT molecular complexity index is 2030. The fourth-order valence-corrected chi connectivity index (χ4v) is 12.2. The highest BCUT2D eigenvalue weighted by Gasteiger charge is 2.42. The summed E-state index contributed by atoms with van der Waals surface area (Å²) in [6, 6.07) is 7.26. The minimum atomic E-state index is -0.125. The Morgan fingerprint density at radius 3 is 1.72 bits per heavy atom. The summed E-state index contributed by atoms with van der Waals surface area (Å²) in [4.78, 5) is 62.0. The number of carbonyl (C=O) groups excluding carboxylic acids is 4. The quantitative estimate of drug-likeness (QED) is 0.205. The monoisotopic (exact) mass is 960 g/mol. The molecule has 2 aromatic rings. The fourth-order valence-electron chi connectivity index (χ4n) is 11.3. The lowest BCUT2D eigenvalue weighted by molar-refractivity contribution is -0.140. The van der Waals surface area contributed by atoms with Crippen LogP contribution in [0.5, 0.6) is 0 Å². The fraction of sp³-hybridized carbons (Fsp3) is 0.667. The summed E-state index contributed by atoms with van der Waals surface area (Å²) in [6.07, 6.45) is 9.24. The van der Waals surface area contributed by atoms with Crippen LogP contribution < -0.4 is 10.6 Å². The number of halogens is 4. The zero-order valence-corrected chi connectivity index (χ0v) is 40.3. The number of benzene rings is 2. The zero-order valence-electron chi connectivity index (χ0n) is 37.2. The first-order chi connectivity index (χ1) is 30.8. The van der Waals surface area contributed by atoms with Crippen LogP contribution in [0.25, 0.3) is 0 Å². The molecular formula is C48H64Cl4N6O6. The molecule has 4 amide bonds. The number of rotatable bonds is 13. The highest BCUT2D eigenvalue weighted by molar-refractivity contribution is 6.37. The largest absolute Gasteiger partial charge is 0.381 e. The van der Waals surface area contributed by atoms with Gasteiger partial charge in [0.25, 0.3) is 0 Å². The van der Waals surface area contributed by atoms with Gasteiger partial charge in [0.05, 0.1) is 34.1 Å². The molecule has 16 heteroatoms. The normalized spacial score (nSPS) is 28.2. The summed E-state index contributed by atoms with van der Waals surface area (Å²) in [6.45, 7) is 11.4. The summed E-state index contributed by atoms with van der Waals surface area (Å²) in [5.74, 6) is 0.993. The third kappa shape index (κ3) is 11.7. The summed E-state index contributed by atoms with van der Waals surface area (Å²) in [5.41, 5.74) is 2.72. The molecule has 7 atom stereocenters. The molecule has 2 aromatic carbocycles. The first-order valence-electron chi connectivity index (χ1n) is 23.6. The van der Waals surface area contributed by atoms with Crippen LogP contribution >= 0.6 is 46.4 Å². The molecule has 3 unspecified atom stereocenters. The van der Waals surface area contributed by atoms with E-state index in [2.05, 4.69) is 39.2 Å². The molecule has 0 spiro atoms. The molecule has 64 heavy (non-hydrogen) atoms. The summed E-state index contributed by atoms with van der Waals surface area (Å²) in [7, 11) is 0. The van der Waals surface area contributed by atoms with E-state index in [1.165, 1.54) is 0 Å². The van der Waals surface area contributed by atoms with Crippen molar-refractivity contribution in [2.24, 2.45) is 29.6 Å². The Labute approximate surface area is 398 Å². The van der Waals surface area contributed by atoms with Gasteiger partial charge in [0, 0.05) is 112 Å². The van der Waals surface area contributed by atoms with Gasteiger partial charge in [0.1, 0.15) is 0 Å². The minimum Gasteiger partial charge on any atom is -0.381 e. The second-order valence-corrected chi connectivity index (χ2v) is 21.2. The topological polar surface area (TPSA) is 124 Å². The zero-order chi connectivity index (χ0) is 45.1. The van der Waals surface area contributed by atoms with Crippen LogP contribution in [-0.4, -0.2) is 121 Å². The molecule has 2 aliphatic carbocycles. The van der Waals surface area contributed by atoms with Crippen LogP contribution in [0.2, 0.25) is 20.1 Å². The molecule has 12 nitrogen and oxygen atoms in total. The predicted molar refractivity (Wildman–Crippen MR) is 252 cm³/mol. The lowest BCUT2D eigenvalue weighted by Crippen LogP contribution is -2.54. The van der Waals surface area contributed by atoms with Crippen LogP contribution in [0.3, 0.4) is 0 Å². The van der Waals surface area contributed by atoms with Crippen molar-refractivity contribution in [3.05, 3.63) is 55.5 Å². The number of carbonyl (C=O) groups is 4. The van der Waals surface area contributed by atoms with Gasteiger partial charge >= 0.3 is 0 Å². The van der Waals surface area contributed by atoms with E-state index in [4.69, 9.17) is 55.9 Å². The SMILES string of the molecule is C[C@H]1CN(Cc2cc(Cl)cc(NC(=O)C[C@@H]3COC(C4CCC(C(=O)N5CCN(Cc6cc(Cl)cc(NC(=O)C[C@@H]7CCOC7)c6Cl)C[C@@H]5C)C4)C3)c2Cl)CCN1C(=O)C1CCCC1. The number of amides is 4. The molecule has 0 bridgehead atoms. The van der Waals surface area contributed by atoms with Crippen molar-refractivity contribution in [2.75, 3.05) is 69.7 Å². The maximum Gasteiger partial charge on any atom is 0.226 e. The van der Waals surface area contributed by atoms with Crippen molar-refractivity contribution in [2.45, 2.75) is 116 Å². The van der Waals surface area contributed by atoms with Crippen molar-refractivity contribution in [1.82, 2.24) is 19.6 Å². The van der Waals surface area contributed by atoms with E-state index in [1.807, 2.05) is 17.0 Å². The molecule has 2 N–H and O–H groups in total. The Balaban J connectivity index is 0.771. The molecule has 350 valence electrons. The van der Waals surface area contributed by atoms with E-state index in [-0.39, 0.29) is 65.5 Å². The lowest BCUT2D eigenvalue weighted by Gasteiger charge is -2.41. The maximum atomic E-state index is 14.0. The van der Waals surface area contributed by atoms with E-state index >= 15 is 0 Å². The van der Waals surface area contributed by atoms with Gasteiger partial charge in [-0.25, -0.2) is 0 Å². The molecule has 4 saturated heterocycles. The van der Waals surface area contributed by atoms with Crippen molar-refractivity contribution in [1.29, 1.82) is 0 Å². The smallest absolute Gasteiger partial charge is 0.226 e. The van der Waals surface area contributed by atoms with E-state index in [1.54, 1.807) is 12.1 Å². The van der Waals surface area contributed by atoms with Crippen LogP contribution in [-0.2, 0) is 41.7 Å². The minimum absolute atomic E-state index is 0.0244. The molecule has 6 aliphatic rings. The van der Waals surface area contributed by atoms with Crippen molar-refractivity contribution in [3.8, 4) is 0 Å². The molecule has 4 heterocycles. The van der Waals surface area contributed by atoms with Crippen molar-refractivity contribution < 1.29 is 28.7 Å². The summed E-state index contributed by atoms with van der Waals surface area (Å²) in [5, 5.41) is 7.99. The van der Waals surface area contributed by atoms with Gasteiger partial charge in [-0.3, -0.25) is 29.0 Å². The van der Waals surface area contributed by atoms with Crippen LogP contribution in [0.1, 0.15) is 95.6 Å². The molecule has 0 radical (unpaired) electrons. The van der Waals surface area contributed by atoms with Gasteiger partial charge in [-0.05, 0) is 112 Å². The number of anilines is 2. The number of hydrogen-bond acceptors (Lipinski definition) is 8. The second-order valence-electron chi connectivity index (χ2n) is 19.5. The number of hydrogen-bond donors (Lipinski definition) is 2. The van der Waals surface area contributed by atoms with Gasteiger partial charge < -0.3 is 29.9 Å². The molecular weight excluding hydrogens is 898 g/mol. The Morgan fingerprint density at radius 1 is 0.641 bits per heavy atom. The number of ether oxygens (including phenoxy) is 2. The van der Waals surface area contributed by atoms with Gasteiger partial charge in [-0.2, -0.15) is 0 Å². The average molecular weight is 963 g/mol. The molecule has 8 rings (SSSR count). The molecule has 2 saturated carbocycles. The van der Waals surface area contributed by atoms with E-state index in [0.717, 1.165) is 82.0 Å². The van der Waals surface area contributed by atoms with Crippen molar-refractivity contribution >= 4 is 81.4 Å². The summed E-state index contributed by atoms with van der Waals surface area (Å²) < 4.78 is 11.7. The second kappa shape index (κ2) is 21.5. The number of nitrogens with one attached hydrogen (secondary N) is 2. The lowest BCUT2D eigenvalue weighted by atomic mass is 9.91. The summed E-state index contributed by atoms with van der Waals surface area (Å²) >= 11 is 26.8. The van der Waals surface area contributed by atoms with Gasteiger partial charge in [0.2, 0.25) is 23.6 Å². The number of piperazine rings is 2. The van der Waals surface area contributed by atoms with Gasteiger partial charge in [-0.1, -0.05) is 59.2 Å². The first-order valence-corrected chi connectivity index (χ1v) is 25.1. The van der Waals surface area contributed by atoms with Crippen LogP contribution in [0.4, 0.5) is 11.4 Å². The van der Waals surface area contributed by atoms with Crippen LogP contribution in [0.15, 0.2) is 24.3 Å². The standard InChI is InChI=1S/C48H64Cl4N6O6/c1-29-23-55(10-12-57(29)47(61)33-5-3-4-6-33)25-37-20-39(50)22-41(46(37)52)54-44(60)17-32-15-42(64-28-32)34-7-8-35(18-34)48(62)58-13-11-56(24-30(58)2)26-36-19-38(49)21-40(45(36)51)53-43(59)16-31-9-14-63-27-31/h19-22,29-35,42H,3-18,23-28H2,1-2H3,(H,53,59)(H,54,60)/t29-,30-,31-,32+,34?,35?,42?/m0/s1. The third-order valence-corrected chi connectivity index (χ3v) is 16.0. The van der Waals surface area contributed by atoms with Gasteiger partial charge in [0.15, 0.2) is 0 Å². The van der Waals surface area contributed by atoms with E-state index in [9.17, 15) is 19.2 Å². The Hall–Kier alpha value is -2.68. The molecule has 4 aliphatic heterocycles. The van der Waals surface area contributed by atoms with E-state index < -0.39 is 0 Å². The highest BCUT2D eigenvalue weighted by Crippen LogP contribution is 2.41. The third-order valence-electron chi connectivity index (χ3n) is 14.7. The predicted octanol–water partition coefficient (Wildman–Crippen LogP) is 8.77. The number of nitrogens with zero attached hydrogens (tertiary/aromatic N) is 4. The molecule has 6 fully saturated rings. The Morgan fingerprint density at radius 2 is 1.19 bits per heavy atom. The molecule has 0 aromatic heterocycles. The Kier molecular flexibility index (Phi) is 16.1. The van der Waals surface area contributed by atoms with Crippen molar-refractivity contribution in [3.63, 3.8) is 0 Å². The van der Waals surface area contributed by atoms with Crippen LogP contribution in [0, 0.1) is 29.6 Å². The average Bonchev–Trinajstić information content (AvgIpc) is 4.10. The van der Waals surface area contributed by atoms with Gasteiger partial charge in [-0.15, -0.1) is 0 Å². The maximum absolute atomic E-state index is 14.0. The highest BCUT2D eigenvalue weighted by atomic mass is 35.5. The van der Waals surface area contributed by atoms with E-state index in [0.29, 0.717) is 109 Å². The first kappa shape index (κ1) is 47.8.